The van der Waals surface area contributed by atoms with Gasteiger partial charge in [-0.05, 0) is 46.5 Å². The van der Waals surface area contributed by atoms with Gasteiger partial charge in [-0.25, -0.2) is 4.79 Å². The van der Waals surface area contributed by atoms with Crippen LogP contribution in [0.5, 0.6) is 0 Å². The third kappa shape index (κ3) is 2.91. The molecule has 16 heavy (non-hydrogen) atoms. The largest absolute Gasteiger partial charge is 0.465 e. The topological polar surface area (TPSA) is 40.5 Å². The van der Waals surface area contributed by atoms with E-state index in [4.69, 9.17) is 6.42 Å². The van der Waals surface area contributed by atoms with Gasteiger partial charge < -0.3 is 10.0 Å². The molecule has 0 radical (unpaired) electrons. The standard InChI is InChI=1S/C13H21NO2/c1-5-10-6-8-11(9-7-10)14(12(15)16)13(2,3)4/h1,10-11H,6-9H2,2-4H3,(H,15,16)/t10-,11-. The molecule has 0 aromatic heterocycles. The first-order valence-electron chi connectivity index (χ1n) is 5.84. The molecular formula is C13H21NO2. The highest BCUT2D eigenvalue weighted by molar-refractivity contribution is 5.66. The van der Waals surface area contributed by atoms with Crippen LogP contribution in [0.3, 0.4) is 0 Å². The maximum Gasteiger partial charge on any atom is 0.407 e. The molecule has 1 saturated carbocycles. The van der Waals surface area contributed by atoms with E-state index in [2.05, 4.69) is 5.92 Å². The van der Waals surface area contributed by atoms with Gasteiger partial charge in [0.25, 0.3) is 0 Å². The lowest BCUT2D eigenvalue weighted by molar-refractivity contribution is 0.0536. The Morgan fingerprint density at radius 1 is 1.31 bits per heavy atom. The van der Waals surface area contributed by atoms with Gasteiger partial charge in [-0.1, -0.05) is 0 Å². The van der Waals surface area contributed by atoms with Crippen molar-refractivity contribution in [1.82, 2.24) is 4.90 Å². The van der Waals surface area contributed by atoms with E-state index < -0.39 is 6.09 Å². The number of nitrogens with zero attached hydrogens (tertiary/aromatic N) is 1. The number of rotatable bonds is 1. The second kappa shape index (κ2) is 4.78. The Morgan fingerprint density at radius 2 is 1.81 bits per heavy atom. The van der Waals surface area contributed by atoms with Gasteiger partial charge in [-0.15, -0.1) is 12.3 Å². The fourth-order valence-corrected chi connectivity index (χ4v) is 2.49. The SMILES string of the molecule is C#C[C@H]1CC[C@H](N(C(=O)O)C(C)(C)C)CC1. The van der Waals surface area contributed by atoms with Crippen molar-refractivity contribution in [3.8, 4) is 12.3 Å². The van der Waals surface area contributed by atoms with E-state index in [-0.39, 0.29) is 11.6 Å². The maximum atomic E-state index is 11.3. The normalized spacial score (nSPS) is 25.9. The first kappa shape index (κ1) is 12.9. The minimum Gasteiger partial charge on any atom is -0.465 e. The molecule has 3 nitrogen and oxygen atoms in total. The molecule has 1 rings (SSSR count). The number of terminal acetylenes is 1. The fourth-order valence-electron chi connectivity index (χ4n) is 2.49. The van der Waals surface area contributed by atoms with Crippen LogP contribution in [0.2, 0.25) is 0 Å². The van der Waals surface area contributed by atoms with Crippen LogP contribution >= 0.6 is 0 Å². The Hall–Kier alpha value is -1.17. The average Bonchev–Trinajstić information content (AvgIpc) is 2.16. The van der Waals surface area contributed by atoms with Crippen molar-refractivity contribution in [2.75, 3.05) is 0 Å². The van der Waals surface area contributed by atoms with Gasteiger partial charge in [0.15, 0.2) is 0 Å². The molecule has 0 aliphatic heterocycles. The Bertz CT molecular complexity index is 290. The molecule has 1 aliphatic rings. The summed E-state index contributed by atoms with van der Waals surface area (Å²) in [4.78, 5) is 12.9. The van der Waals surface area contributed by atoms with Crippen LogP contribution in [0.1, 0.15) is 46.5 Å². The summed E-state index contributed by atoms with van der Waals surface area (Å²) in [5, 5.41) is 9.27. The fraction of sp³-hybridized carbons (Fsp3) is 0.769. The van der Waals surface area contributed by atoms with Crippen molar-refractivity contribution in [1.29, 1.82) is 0 Å². The highest BCUT2D eigenvalue weighted by Gasteiger charge is 2.35. The summed E-state index contributed by atoms with van der Waals surface area (Å²) in [6, 6.07) is 0.127. The number of amides is 1. The molecule has 0 heterocycles. The van der Waals surface area contributed by atoms with Crippen LogP contribution in [0.15, 0.2) is 0 Å². The number of hydrogen-bond donors (Lipinski definition) is 1. The first-order valence-corrected chi connectivity index (χ1v) is 5.84. The second-order valence-corrected chi connectivity index (χ2v) is 5.50. The van der Waals surface area contributed by atoms with Crippen molar-refractivity contribution in [3.63, 3.8) is 0 Å². The van der Waals surface area contributed by atoms with E-state index in [1.165, 1.54) is 0 Å². The lowest BCUT2D eigenvalue weighted by Crippen LogP contribution is -2.52. The quantitative estimate of drug-likeness (QED) is 0.694. The van der Waals surface area contributed by atoms with E-state index in [1.807, 2.05) is 20.8 Å². The third-order valence-corrected chi connectivity index (χ3v) is 3.23. The summed E-state index contributed by atoms with van der Waals surface area (Å²) in [6.07, 6.45) is 8.23. The average molecular weight is 223 g/mol. The third-order valence-electron chi connectivity index (χ3n) is 3.23. The number of carbonyl (C=O) groups is 1. The molecule has 0 aromatic rings. The van der Waals surface area contributed by atoms with Gasteiger partial charge in [-0.2, -0.15) is 0 Å². The van der Waals surface area contributed by atoms with E-state index >= 15 is 0 Å². The molecule has 0 aromatic carbocycles. The summed E-state index contributed by atoms with van der Waals surface area (Å²) in [5.74, 6) is 3.11. The molecule has 3 heteroatoms. The summed E-state index contributed by atoms with van der Waals surface area (Å²) >= 11 is 0. The highest BCUT2D eigenvalue weighted by atomic mass is 16.4. The molecule has 1 amide bonds. The minimum absolute atomic E-state index is 0.127. The van der Waals surface area contributed by atoms with Gasteiger partial charge in [-0.3, -0.25) is 0 Å². The zero-order valence-electron chi connectivity index (χ0n) is 10.4. The Kier molecular flexibility index (Phi) is 3.85. The molecule has 1 fully saturated rings. The van der Waals surface area contributed by atoms with E-state index in [1.54, 1.807) is 4.90 Å². The van der Waals surface area contributed by atoms with Gasteiger partial charge in [0, 0.05) is 17.5 Å². The molecule has 0 bridgehead atoms. The Labute approximate surface area is 97.8 Å². The number of carboxylic acid groups (broad SMARTS) is 1. The summed E-state index contributed by atoms with van der Waals surface area (Å²) in [7, 11) is 0. The van der Waals surface area contributed by atoms with Crippen molar-refractivity contribution < 1.29 is 9.90 Å². The van der Waals surface area contributed by atoms with Crippen LogP contribution in [-0.2, 0) is 0 Å². The molecule has 0 unspecified atom stereocenters. The molecule has 1 N–H and O–H groups in total. The van der Waals surface area contributed by atoms with Crippen molar-refractivity contribution in [2.24, 2.45) is 5.92 Å². The summed E-state index contributed by atoms with van der Waals surface area (Å²) in [6.45, 7) is 5.82. The van der Waals surface area contributed by atoms with Crippen LogP contribution in [0, 0.1) is 18.3 Å². The second-order valence-electron chi connectivity index (χ2n) is 5.50. The van der Waals surface area contributed by atoms with Crippen molar-refractivity contribution in [2.45, 2.75) is 58.0 Å². The predicted molar refractivity (Wildman–Crippen MR) is 64.2 cm³/mol. The predicted octanol–water partition coefficient (Wildman–Crippen LogP) is 2.96. The lowest BCUT2D eigenvalue weighted by atomic mass is 9.84. The first-order chi connectivity index (χ1) is 7.36. The smallest absolute Gasteiger partial charge is 0.407 e. The van der Waals surface area contributed by atoms with E-state index in [9.17, 15) is 9.90 Å². The molecule has 0 saturated heterocycles. The molecule has 1 aliphatic carbocycles. The van der Waals surface area contributed by atoms with Gasteiger partial charge in [0.1, 0.15) is 0 Å². The van der Waals surface area contributed by atoms with Crippen LogP contribution in [-0.4, -0.2) is 27.7 Å². The zero-order chi connectivity index (χ0) is 12.3. The monoisotopic (exact) mass is 223 g/mol. The van der Waals surface area contributed by atoms with Gasteiger partial charge >= 0.3 is 6.09 Å². The summed E-state index contributed by atoms with van der Waals surface area (Å²) < 4.78 is 0. The maximum absolute atomic E-state index is 11.3. The van der Waals surface area contributed by atoms with Gasteiger partial charge in [0.2, 0.25) is 0 Å². The van der Waals surface area contributed by atoms with Crippen LogP contribution < -0.4 is 0 Å². The van der Waals surface area contributed by atoms with E-state index in [0.717, 1.165) is 25.7 Å². The van der Waals surface area contributed by atoms with E-state index in [0.29, 0.717) is 5.92 Å². The van der Waals surface area contributed by atoms with Crippen molar-refractivity contribution in [3.05, 3.63) is 0 Å². The van der Waals surface area contributed by atoms with Crippen molar-refractivity contribution >= 4 is 6.09 Å². The minimum atomic E-state index is -0.823. The lowest BCUT2D eigenvalue weighted by Gasteiger charge is -2.42. The molecule has 90 valence electrons. The molecular weight excluding hydrogens is 202 g/mol. The molecule has 0 atom stereocenters. The number of hydrogen-bond acceptors (Lipinski definition) is 1. The highest BCUT2D eigenvalue weighted by Crippen LogP contribution is 2.30. The Balaban J connectivity index is 2.69. The Morgan fingerprint density at radius 3 is 2.12 bits per heavy atom. The molecule has 0 spiro atoms. The van der Waals surface area contributed by atoms with Crippen LogP contribution in [0.25, 0.3) is 0 Å². The zero-order valence-corrected chi connectivity index (χ0v) is 10.4. The van der Waals surface area contributed by atoms with Gasteiger partial charge in [0.05, 0.1) is 0 Å². The van der Waals surface area contributed by atoms with Crippen LogP contribution in [0.4, 0.5) is 4.79 Å². The summed E-state index contributed by atoms with van der Waals surface area (Å²) in [5.41, 5.74) is -0.334.